The maximum absolute atomic E-state index is 13.1. The normalized spacial score (nSPS) is 19.6. The van der Waals surface area contributed by atoms with Crippen LogP contribution in [0.25, 0.3) is 0 Å². The number of hydrogen-bond donors (Lipinski definition) is 1. The second-order valence-corrected chi connectivity index (χ2v) is 20.4. The summed E-state index contributed by atoms with van der Waals surface area (Å²) in [4.78, 5) is 85.7. The molecule has 0 saturated carbocycles. The van der Waals surface area contributed by atoms with Crippen molar-refractivity contribution in [3.63, 3.8) is 0 Å². The minimum atomic E-state index is -0.519. The van der Waals surface area contributed by atoms with Crippen molar-refractivity contribution in [2.75, 3.05) is 91.6 Å². The van der Waals surface area contributed by atoms with E-state index >= 15 is 0 Å². The van der Waals surface area contributed by atoms with E-state index in [0.717, 1.165) is 88.6 Å². The van der Waals surface area contributed by atoms with Crippen molar-refractivity contribution < 1.29 is 28.7 Å². The van der Waals surface area contributed by atoms with Gasteiger partial charge in [-0.05, 0) is 86.7 Å². The molecule has 0 bridgehead atoms. The van der Waals surface area contributed by atoms with Gasteiger partial charge in [0.2, 0.25) is 0 Å². The van der Waals surface area contributed by atoms with Crippen molar-refractivity contribution in [2.45, 2.75) is 64.4 Å². The number of carbonyl (C=O) groups is 5. The molecule has 16 nitrogen and oxygen atoms in total. The summed E-state index contributed by atoms with van der Waals surface area (Å²) in [5.41, 5.74) is 5.79. The Morgan fingerprint density at radius 3 is 1.55 bits per heavy atom. The Kier molecular flexibility index (Phi) is 13.3. The molecular weight excluding hydrogens is 865 g/mol. The number of rotatable bonds is 6. The lowest BCUT2D eigenvalue weighted by Crippen LogP contribution is -2.64. The minimum Gasteiger partial charge on any atom is -0.444 e. The molecule has 4 saturated heterocycles. The number of piperazine rings is 2. The van der Waals surface area contributed by atoms with E-state index in [2.05, 4.69) is 37.2 Å². The molecule has 65 heavy (non-hydrogen) atoms. The molecule has 0 unspecified atom stereocenters. The number of likely N-dealkylation sites (tertiary alicyclic amines) is 2. The van der Waals surface area contributed by atoms with E-state index in [1.165, 1.54) is 33.8 Å². The third-order valence-electron chi connectivity index (χ3n) is 13.2. The first-order chi connectivity index (χ1) is 31.4. The van der Waals surface area contributed by atoms with Crippen LogP contribution in [-0.4, -0.2) is 183 Å². The van der Waals surface area contributed by atoms with Crippen LogP contribution in [0.1, 0.15) is 83.3 Å². The van der Waals surface area contributed by atoms with Crippen LogP contribution in [0.2, 0.25) is 0 Å². The van der Waals surface area contributed by atoms with E-state index < -0.39 is 5.60 Å². The van der Waals surface area contributed by atoms with Gasteiger partial charge in [0.05, 0.1) is 0 Å². The molecule has 0 atom stereocenters. The van der Waals surface area contributed by atoms with Crippen LogP contribution in [0.3, 0.4) is 0 Å². The Hall–Kier alpha value is -5.27. The Morgan fingerprint density at radius 2 is 1.08 bits per heavy atom. The van der Waals surface area contributed by atoms with Crippen molar-refractivity contribution >= 4 is 52.4 Å². The van der Waals surface area contributed by atoms with Crippen LogP contribution >= 0.6 is 22.7 Å². The lowest BCUT2D eigenvalue weighted by molar-refractivity contribution is 0.00805. The van der Waals surface area contributed by atoms with Crippen molar-refractivity contribution in [3.05, 3.63) is 103 Å². The van der Waals surface area contributed by atoms with E-state index in [-0.39, 0.29) is 29.7 Å². The van der Waals surface area contributed by atoms with Gasteiger partial charge in [0.25, 0.3) is 23.6 Å². The van der Waals surface area contributed by atoms with Gasteiger partial charge in [-0.2, -0.15) is 0 Å². The van der Waals surface area contributed by atoms with Gasteiger partial charge in [-0.15, -0.1) is 22.7 Å². The molecule has 0 aliphatic carbocycles. The molecule has 2 aromatic heterocycles. The number of nitrogens with zero attached hydrogens (tertiary/aromatic N) is 9. The summed E-state index contributed by atoms with van der Waals surface area (Å²) >= 11 is 2.77. The summed E-state index contributed by atoms with van der Waals surface area (Å²) in [7, 11) is 0. The summed E-state index contributed by atoms with van der Waals surface area (Å²) < 4.78 is 5.50. The molecule has 0 spiro atoms. The lowest BCUT2D eigenvalue weighted by Gasteiger charge is -2.48. The number of aromatic nitrogens is 2. The molecule has 1 N–H and O–H groups in total. The summed E-state index contributed by atoms with van der Waals surface area (Å²) in [5.74, 6) is 0.241. The van der Waals surface area contributed by atoms with E-state index in [1.807, 2.05) is 75.4 Å². The fourth-order valence-corrected chi connectivity index (χ4v) is 10.6. The Bertz CT molecular complexity index is 2360. The molecule has 4 fully saturated rings. The van der Waals surface area contributed by atoms with Gasteiger partial charge >= 0.3 is 6.09 Å². The molecule has 5 amide bonds. The molecule has 344 valence electrons. The maximum Gasteiger partial charge on any atom is 0.410 e. The average Bonchev–Trinajstić information content (AvgIpc) is 4.04. The standard InChI is InChI=1S/C26H33N5O4S.C21H25N5O2S/c1-26(2,3)35-25(34)30-8-6-18-14-19(4-5-20(18)15-30)23(32)31-16-21(17-31)28-9-11-29(12-10-28)24(33)22-27-7-13-36-22;27-20(16-1-2-17-12-22-4-3-15(17)11-16)26-13-18(14-26)24-6-8-25(9-7-24)21(28)19-23-5-10-29-19/h4-5,7,13-14,21H,6,8-12,15-17H2,1-3H3;1-2,5,10-11,18,22H,3-4,6-9,12-14H2. The first-order valence-electron chi connectivity index (χ1n) is 22.7. The highest BCUT2D eigenvalue weighted by Gasteiger charge is 2.39. The molecular formula is C47H58N10O6S2. The van der Waals surface area contributed by atoms with E-state index in [4.69, 9.17) is 4.74 Å². The van der Waals surface area contributed by atoms with E-state index in [1.54, 1.807) is 17.3 Å². The largest absolute Gasteiger partial charge is 0.444 e. The predicted molar refractivity (Wildman–Crippen MR) is 247 cm³/mol. The third-order valence-corrected chi connectivity index (χ3v) is 14.7. The fraction of sp³-hybridized carbons (Fsp3) is 0.511. The monoisotopic (exact) mass is 922 g/mol. The minimum absolute atomic E-state index is 0.0108. The van der Waals surface area contributed by atoms with Crippen LogP contribution in [0.4, 0.5) is 4.79 Å². The van der Waals surface area contributed by atoms with Crippen LogP contribution in [0.5, 0.6) is 0 Å². The zero-order valence-electron chi connectivity index (χ0n) is 37.4. The van der Waals surface area contributed by atoms with Crippen molar-refractivity contribution in [2.24, 2.45) is 0 Å². The molecule has 0 radical (unpaired) electrons. The second-order valence-electron chi connectivity index (χ2n) is 18.6. The van der Waals surface area contributed by atoms with Gasteiger partial charge in [0, 0.05) is 145 Å². The maximum atomic E-state index is 13.1. The summed E-state index contributed by atoms with van der Waals surface area (Å²) in [6.07, 6.45) is 4.74. The lowest BCUT2D eigenvalue weighted by atomic mass is 9.96. The Balaban J connectivity index is 0.000000168. The first-order valence-corrected chi connectivity index (χ1v) is 24.5. The molecule has 4 aromatic rings. The van der Waals surface area contributed by atoms with Crippen LogP contribution in [-0.2, 0) is 30.7 Å². The molecule has 6 aliphatic heterocycles. The highest BCUT2D eigenvalue weighted by atomic mass is 32.1. The Labute approximate surface area is 388 Å². The first kappa shape index (κ1) is 44.9. The number of fused-ring (bicyclic) bond motifs is 2. The van der Waals surface area contributed by atoms with Crippen LogP contribution in [0.15, 0.2) is 59.6 Å². The molecule has 2 aromatic carbocycles. The van der Waals surface area contributed by atoms with Gasteiger partial charge in [-0.1, -0.05) is 12.1 Å². The van der Waals surface area contributed by atoms with E-state index in [9.17, 15) is 24.0 Å². The zero-order valence-corrected chi connectivity index (χ0v) is 39.1. The van der Waals surface area contributed by atoms with Crippen LogP contribution < -0.4 is 5.32 Å². The SMILES string of the molecule is CC(C)(C)OC(=O)N1CCc2cc(C(=O)N3CC(N4CCN(C(=O)c5nccs5)CC4)C3)ccc2C1.O=C(c1ccc2c(c1)CCNC2)N1CC(N2CCN(C(=O)c3nccs3)CC2)C1. The topological polar surface area (TPSA) is 155 Å². The Morgan fingerprint density at radius 1 is 0.585 bits per heavy atom. The molecule has 8 heterocycles. The van der Waals surface area contributed by atoms with E-state index in [0.29, 0.717) is 73.4 Å². The van der Waals surface area contributed by atoms with Gasteiger partial charge in [0.1, 0.15) is 5.60 Å². The number of carbonyl (C=O) groups excluding carboxylic acids is 5. The summed E-state index contributed by atoms with van der Waals surface area (Å²) in [6, 6.07) is 12.7. The van der Waals surface area contributed by atoms with Crippen molar-refractivity contribution in [1.82, 2.24) is 49.6 Å². The molecule has 6 aliphatic rings. The number of benzene rings is 2. The number of ether oxygens (including phenoxy) is 1. The van der Waals surface area contributed by atoms with Gasteiger partial charge in [0.15, 0.2) is 10.0 Å². The smallest absolute Gasteiger partial charge is 0.410 e. The van der Waals surface area contributed by atoms with Gasteiger partial charge in [-0.3, -0.25) is 29.0 Å². The molecule has 18 heteroatoms. The second kappa shape index (κ2) is 19.3. The zero-order chi connectivity index (χ0) is 45.2. The van der Waals surface area contributed by atoms with Gasteiger partial charge < -0.3 is 34.6 Å². The quantitative estimate of drug-likeness (QED) is 0.301. The average molecular weight is 923 g/mol. The van der Waals surface area contributed by atoms with Crippen molar-refractivity contribution in [3.8, 4) is 0 Å². The number of thiazole rings is 2. The summed E-state index contributed by atoms with van der Waals surface area (Å²) in [5, 5.41) is 8.14. The highest BCUT2D eigenvalue weighted by Crippen LogP contribution is 2.27. The van der Waals surface area contributed by atoms with Gasteiger partial charge in [-0.25, -0.2) is 14.8 Å². The number of amides is 5. The van der Waals surface area contributed by atoms with Crippen molar-refractivity contribution in [1.29, 1.82) is 0 Å². The highest BCUT2D eigenvalue weighted by molar-refractivity contribution is 7.11. The molecule has 10 rings (SSSR count). The number of nitrogens with one attached hydrogen (secondary N) is 1. The predicted octanol–water partition coefficient (Wildman–Crippen LogP) is 3.79. The number of hydrogen-bond acceptors (Lipinski definition) is 13. The third kappa shape index (κ3) is 10.3. The fourth-order valence-electron chi connectivity index (χ4n) is 9.36. The van der Waals surface area contributed by atoms with Crippen LogP contribution in [0, 0.1) is 0 Å². The summed E-state index contributed by atoms with van der Waals surface area (Å²) in [6.45, 7) is 17.7.